The molecule has 1 saturated heterocycles. The molecule has 0 saturated carbocycles. The fourth-order valence-corrected chi connectivity index (χ4v) is 3.88. The van der Waals surface area contributed by atoms with E-state index in [1.54, 1.807) is 6.20 Å². The molecule has 0 spiro atoms. The van der Waals surface area contributed by atoms with Crippen molar-refractivity contribution in [2.24, 2.45) is 0 Å². The molecule has 29 heavy (non-hydrogen) atoms. The molecule has 3 aromatic rings. The number of pyridine rings is 2. The van der Waals surface area contributed by atoms with Gasteiger partial charge in [-0.2, -0.15) is 0 Å². The first-order valence-corrected chi connectivity index (χ1v) is 10.0. The number of carbonyl (C=O) groups excluding carboxylic acids is 2. The first-order valence-electron chi connectivity index (χ1n) is 9.63. The van der Waals surface area contributed by atoms with Crippen molar-refractivity contribution in [3.63, 3.8) is 0 Å². The minimum atomic E-state index is -0.200. The summed E-state index contributed by atoms with van der Waals surface area (Å²) in [6, 6.07) is 9.63. The van der Waals surface area contributed by atoms with E-state index in [2.05, 4.69) is 10.3 Å². The maximum Gasteiger partial charge on any atom is 0.241 e. The highest BCUT2D eigenvalue weighted by atomic mass is 35.5. The highest BCUT2D eigenvalue weighted by molar-refractivity contribution is 6.30. The molecule has 1 fully saturated rings. The van der Waals surface area contributed by atoms with Crippen LogP contribution in [0.1, 0.15) is 31.4 Å². The normalized spacial score (nSPS) is 16.8. The van der Waals surface area contributed by atoms with Crippen LogP contribution in [-0.2, 0) is 9.59 Å². The van der Waals surface area contributed by atoms with E-state index in [1.807, 2.05) is 45.8 Å². The van der Waals surface area contributed by atoms with Crippen LogP contribution < -0.4 is 5.32 Å². The van der Waals surface area contributed by atoms with Crippen molar-refractivity contribution in [2.75, 3.05) is 19.6 Å². The maximum atomic E-state index is 12.4. The number of piperidine rings is 1. The zero-order chi connectivity index (χ0) is 20.4. The van der Waals surface area contributed by atoms with E-state index in [9.17, 15) is 9.59 Å². The SMILES string of the molecule is CC(=O)NCC(=O)N1CCC[C@@H](c2cccc(-c3cnc4ccc(Cl)cn34)n2)C1. The average Bonchev–Trinajstić information content (AvgIpc) is 3.15. The number of imidazole rings is 1. The van der Waals surface area contributed by atoms with Crippen LogP contribution in [0.2, 0.25) is 5.02 Å². The number of rotatable bonds is 4. The molecule has 3 aromatic heterocycles. The molecule has 4 heterocycles. The highest BCUT2D eigenvalue weighted by Gasteiger charge is 2.26. The third kappa shape index (κ3) is 4.24. The number of nitrogens with one attached hydrogen (secondary N) is 1. The van der Waals surface area contributed by atoms with Gasteiger partial charge < -0.3 is 10.2 Å². The van der Waals surface area contributed by atoms with E-state index in [1.165, 1.54) is 6.92 Å². The first kappa shape index (κ1) is 19.4. The number of aromatic nitrogens is 3. The third-order valence-corrected chi connectivity index (χ3v) is 5.41. The fraction of sp³-hybridized carbons (Fsp3) is 0.333. The molecule has 150 valence electrons. The Morgan fingerprint density at radius 2 is 2.14 bits per heavy atom. The number of hydrogen-bond donors (Lipinski definition) is 1. The van der Waals surface area contributed by atoms with E-state index in [0.29, 0.717) is 18.1 Å². The molecule has 0 aromatic carbocycles. The predicted molar refractivity (Wildman–Crippen MR) is 111 cm³/mol. The number of halogens is 1. The van der Waals surface area contributed by atoms with Gasteiger partial charge >= 0.3 is 0 Å². The predicted octanol–water partition coefficient (Wildman–Crippen LogP) is 2.89. The summed E-state index contributed by atoms with van der Waals surface area (Å²) in [5, 5.41) is 3.21. The van der Waals surface area contributed by atoms with Crippen LogP contribution in [0.5, 0.6) is 0 Å². The lowest BCUT2D eigenvalue weighted by molar-refractivity contribution is -0.133. The van der Waals surface area contributed by atoms with Crippen LogP contribution in [0.3, 0.4) is 0 Å². The molecule has 4 rings (SSSR count). The zero-order valence-corrected chi connectivity index (χ0v) is 16.9. The van der Waals surface area contributed by atoms with Crippen molar-refractivity contribution in [1.82, 2.24) is 24.6 Å². The van der Waals surface area contributed by atoms with E-state index < -0.39 is 0 Å². The second-order valence-corrected chi connectivity index (χ2v) is 7.69. The van der Waals surface area contributed by atoms with Gasteiger partial charge in [0.2, 0.25) is 11.8 Å². The van der Waals surface area contributed by atoms with E-state index in [-0.39, 0.29) is 24.3 Å². The summed E-state index contributed by atoms with van der Waals surface area (Å²) >= 11 is 6.15. The van der Waals surface area contributed by atoms with Crippen LogP contribution in [-0.4, -0.2) is 50.7 Å². The van der Waals surface area contributed by atoms with E-state index >= 15 is 0 Å². The molecule has 1 aliphatic rings. The Bertz CT molecular complexity index is 1060. The first-order chi connectivity index (χ1) is 14.0. The molecular weight excluding hydrogens is 390 g/mol. The fourth-order valence-electron chi connectivity index (χ4n) is 3.72. The quantitative estimate of drug-likeness (QED) is 0.715. The number of fused-ring (bicyclic) bond motifs is 1. The van der Waals surface area contributed by atoms with Crippen molar-refractivity contribution in [2.45, 2.75) is 25.7 Å². The van der Waals surface area contributed by atoms with Gasteiger partial charge in [-0.3, -0.25) is 19.0 Å². The maximum absolute atomic E-state index is 12.4. The van der Waals surface area contributed by atoms with Gasteiger partial charge in [0.1, 0.15) is 5.65 Å². The van der Waals surface area contributed by atoms with Crippen LogP contribution in [0.4, 0.5) is 0 Å². The third-order valence-electron chi connectivity index (χ3n) is 5.18. The highest BCUT2D eigenvalue weighted by Crippen LogP contribution is 2.28. The Labute approximate surface area is 173 Å². The van der Waals surface area contributed by atoms with Gasteiger partial charge in [-0.05, 0) is 37.1 Å². The summed E-state index contributed by atoms with van der Waals surface area (Å²) in [6.07, 6.45) is 5.51. The monoisotopic (exact) mass is 411 g/mol. The number of carbonyl (C=O) groups is 2. The van der Waals surface area contributed by atoms with Gasteiger partial charge in [0.05, 0.1) is 29.2 Å². The number of amides is 2. The van der Waals surface area contributed by atoms with Crippen LogP contribution in [0.25, 0.3) is 17.0 Å². The minimum Gasteiger partial charge on any atom is -0.347 e. The summed E-state index contributed by atoms with van der Waals surface area (Å²) in [6.45, 7) is 2.77. The van der Waals surface area contributed by atoms with Crippen molar-refractivity contribution < 1.29 is 9.59 Å². The second-order valence-electron chi connectivity index (χ2n) is 7.26. The molecular formula is C21H22ClN5O2. The molecule has 0 bridgehead atoms. The number of likely N-dealkylation sites (tertiary alicyclic amines) is 1. The van der Waals surface area contributed by atoms with Crippen LogP contribution in [0, 0.1) is 0 Å². The molecule has 8 heteroatoms. The summed E-state index contributed by atoms with van der Waals surface area (Å²) in [5.74, 6) is -0.0975. The van der Waals surface area contributed by atoms with Crippen molar-refractivity contribution >= 4 is 29.1 Å². The van der Waals surface area contributed by atoms with Gasteiger partial charge in [0.15, 0.2) is 0 Å². The zero-order valence-electron chi connectivity index (χ0n) is 16.1. The Balaban J connectivity index is 1.56. The summed E-state index contributed by atoms with van der Waals surface area (Å²) in [7, 11) is 0. The van der Waals surface area contributed by atoms with Gasteiger partial charge in [-0.25, -0.2) is 4.98 Å². The smallest absolute Gasteiger partial charge is 0.241 e. The molecule has 0 aliphatic carbocycles. The summed E-state index contributed by atoms with van der Waals surface area (Å²) in [5.41, 5.74) is 3.46. The van der Waals surface area contributed by atoms with Gasteiger partial charge in [-0.15, -0.1) is 0 Å². The van der Waals surface area contributed by atoms with Gasteiger partial charge in [0.25, 0.3) is 0 Å². The summed E-state index contributed by atoms with van der Waals surface area (Å²) < 4.78 is 1.93. The topological polar surface area (TPSA) is 79.6 Å². The minimum absolute atomic E-state index is 0.0398. The Morgan fingerprint density at radius 1 is 1.28 bits per heavy atom. The van der Waals surface area contributed by atoms with E-state index in [4.69, 9.17) is 16.6 Å². The van der Waals surface area contributed by atoms with Crippen LogP contribution >= 0.6 is 11.6 Å². The molecule has 2 amide bonds. The average molecular weight is 412 g/mol. The molecule has 1 aliphatic heterocycles. The number of nitrogens with zero attached hydrogens (tertiary/aromatic N) is 4. The summed E-state index contributed by atoms with van der Waals surface area (Å²) in [4.78, 5) is 34.6. The molecule has 1 N–H and O–H groups in total. The Kier molecular flexibility index (Phi) is 5.49. The van der Waals surface area contributed by atoms with Gasteiger partial charge in [-0.1, -0.05) is 17.7 Å². The standard InChI is InChI=1S/C21H22ClN5O2/c1-14(28)23-11-21(29)26-9-3-4-15(12-26)17-5-2-6-18(25-17)19-10-24-20-8-7-16(22)13-27(19)20/h2,5-8,10,13,15H,3-4,9,11-12H2,1H3,(H,23,28)/t15-/m1/s1. The molecule has 0 radical (unpaired) electrons. The lowest BCUT2D eigenvalue weighted by atomic mass is 9.94. The van der Waals surface area contributed by atoms with Crippen LogP contribution in [0.15, 0.2) is 42.7 Å². The second kappa shape index (κ2) is 8.21. The molecule has 0 unspecified atom stereocenters. The molecule has 7 nitrogen and oxygen atoms in total. The van der Waals surface area contributed by atoms with E-state index in [0.717, 1.165) is 35.6 Å². The lowest BCUT2D eigenvalue weighted by Crippen LogP contribution is -2.44. The van der Waals surface area contributed by atoms with Crippen molar-refractivity contribution in [1.29, 1.82) is 0 Å². The lowest BCUT2D eigenvalue weighted by Gasteiger charge is -2.32. The van der Waals surface area contributed by atoms with Crippen molar-refractivity contribution in [3.8, 4) is 11.4 Å². The largest absolute Gasteiger partial charge is 0.347 e. The number of hydrogen-bond acceptors (Lipinski definition) is 4. The Morgan fingerprint density at radius 3 is 2.97 bits per heavy atom. The van der Waals surface area contributed by atoms with Crippen molar-refractivity contribution in [3.05, 3.63) is 53.4 Å². The molecule has 1 atom stereocenters. The Hall–Kier alpha value is -2.93. The van der Waals surface area contributed by atoms with Gasteiger partial charge in [0, 0.05) is 37.8 Å².